The zero-order chi connectivity index (χ0) is 13.4. The van der Waals surface area contributed by atoms with Crippen LogP contribution in [-0.4, -0.2) is 26.2 Å². The van der Waals surface area contributed by atoms with Gasteiger partial charge in [-0.3, -0.25) is 4.79 Å². The van der Waals surface area contributed by atoms with Gasteiger partial charge >= 0.3 is 0 Å². The summed E-state index contributed by atoms with van der Waals surface area (Å²) in [4.78, 5) is 11.4. The molecule has 0 aliphatic rings. The lowest BCUT2D eigenvalue weighted by Gasteiger charge is -2.04. The van der Waals surface area contributed by atoms with Gasteiger partial charge in [0.05, 0.1) is 6.61 Å². The summed E-state index contributed by atoms with van der Waals surface area (Å²) in [5.74, 6) is 0.431. The first kappa shape index (κ1) is 14.5. The topological polar surface area (TPSA) is 38.3 Å². The molecule has 3 heteroatoms. The maximum atomic E-state index is 11.4. The molecule has 18 heavy (non-hydrogen) atoms. The summed E-state index contributed by atoms with van der Waals surface area (Å²) >= 11 is 0. The van der Waals surface area contributed by atoms with Crippen molar-refractivity contribution in [3.8, 4) is 0 Å². The minimum absolute atomic E-state index is 0.0972. The van der Waals surface area contributed by atoms with Gasteiger partial charge in [-0.15, -0.1) is 0 Å². The van der Waals surface area contributed by atoms with Crippen LogP contribution in [0.15, 0.2) is 30.3 Å². The fourth-order valence-electron chi connectivity index (χ4n) is 1.50. The van der Waals surface area contributed by atoms with Crippen LogP contribution in [0.4, 0.5) is 0 Å². The first-order valence-corrected chi connectivity index (χ1v) is 6.18. The van der Waals surface area contributed by atoms with Crippen LogP contribution in [0.25, 0.3) is 6.08 Å². The predicted octanol–water partition coefficient (Wildman–Crippen LogP) is 2.59. The molecule has 0 aliphatic heterocycles. The molecule has 0 saturated heterocycles. The van der Waals surface area contributed by atoms with Crippen molar-refractivity contribution in [1.29, 1.82) is 0 Å². The third-order valence-corrected chi connectivity index (χ3v) is 2.64. The number of ether oxygens (including phenoxy) is 1. The van der Waals surface area contributed by atoms with E-state index in [4.69, 9.17) is 4.74 Å². The Morgan fingerprint density at radius 1 is 1.33 bits per heavy atom. The molecule has 0 radical (unpaired) electrons. The van der Waals surface area contributed by atoms with Gasteiger partial charge in [-0.2, -0.15) is 0 Å². The first-order valence-electron chi connectivity index (χ1n) is 6.18. The highest BCUT2D eigenvalue weighted by atomic mass is 16.5. The second-order valence-electron chi connectivity index (χ2n) is 4.44. The maximum Gasteiger partial charge on any atom is 0.244 e. The monoisotopic (exact) mass is 247 g/mol. The van der Waals surface area contributed by atoms with Crippen LogP contribution < -0.4 is 5.32 Å². The van der Waals surface area contributed by atoms with Gasteiger partial charge in [-0.25, -0.2) is 0 Å². The van der Waals surface area contributed by atoms with E-state index in [1.807, 2.05) is 18.2 Å². The van der Waals surface area contributed by atoms with Crippen LogP contribution in [0.2, 0.25) is 0 Å². The molecule has 0 spiro atoms. The maximum absolute atomic E-state index is 11.4. The SMILES string of the molecule is COCCNC(=O)C=Cc1ccc(C(C)C)cc1. The molecule has 0 fully saturated rings. The van der Waals surface area contributed by atoms with Crippen LogP contribution in [0.5, 0.6) is 0 Å². The number of amides is 1. The van der Waals surface area contributed by atoms with Gasteiger partial charge in [0.25, 0.3) is 0 Å². The Labute approximate surface area is 109 Å². The molecule has 98 valence electrons. The number of methoxy groups -OCH3 is 1. The van der Waals surface area contributed by atoms with E-state index in [-0.39, 0.29) is 5.91 Å². The van der Waals surface area contributed by atoms with E-state index in [1.165, 1.54) is 5.56 Å². The van der Waals surface area contributed by atoms with Crippen molar-refractivity contribution < 1.29 is 9.53 Å². The minimum Gasteiger partial charge on any atom is -0.383 e. The van der Waals surface area contributed by atoms with E-state index < -0.39 is 0 Å². The highest BCUT2D eigenvalue weighted by molar-refractivity contribution is 5.91. The molecule has 0 saturated carbocycles. The van der Waals surface area contributed by atoms with Crippen molar-refractivity contribution in [3.63, 3.8) is 0 Å². The Hall–Kier alpha value is -1.61. The summed E-state index contributed by atoms with van der Waals surface area (Å²) < 4.78 is 4.85. The second-order valence-corrected chi connectivity index (χ2v) is 4.44. The smallest absolute Gasteiger partial charge is 0.244 e. The van der Waals surface area contributed by atoms with E-state index >= 15 is 0 Å². The van der Waals surface area contributed by atoms with Crippen LogP contribution >= 0.6 is 0 Å². The first-order chi connectivity index (χ1) is 8.63. The van der Waals surface area contributed by atoms with Crippen LogP contribution in [-0.2, 0) is 9.53 Å². The van der Waals surface area contributed by atoms with Crippen molar-refractivity contribution in [1.82, 2.24) is 5.32 Å². The van der Waals surface area contributed by atoms with Crippen molar-refractivity contribution in [2.45, 2.75) is 19.8 Å². The molecule has 0 atom stereocenters. The number of benzene rings is 1. The molecule has 0 aliphatic carbocycles. The molecule has 3 nitrogen and oxygen atoms in total. The number of nitrogens with one attached hydrogen (secondary N) is 1. The number of carbonyl (C=O) groups is 1. The molecule has 0 heterocycles. The molecular formula is C15H21NO2. The van der Waals surface area contributed by atoms with E-state index in [0.717, 1.165) is 5.56 Å². The van der Waals surface area contributed by atoms with Gasteiger partial charge < -0.3 is 10.1 Å². The predicted molar refractivity (Wildman–Crippen MR) is 74.5 cm³/mol. The number of hydrogen-bond acceptors (Lipinski definition) is 2. The van der Waals surface area contributed by atoms with Crippen LogP contribution in [0, 0.1) is 0 Å². The third kappa shape index (κ3) is 5.15. The lowest BCUT2D eigenvalue weighted by molar-refractivity contribution is -0.116. The van der Waals surface area contributed by atoms with Gasteiger partial charge in [0.2, 0.25) is 5.91 Å². The molecule has 1 aromatic carbocycles. The van der Waals surface area contributed by atoms with E-state index in [1.54, 1.807) is 13.2 Å². The molecule has 1 rings (SSSR count). The fourth-order valence-corrected chi connectivity index (χ4v) is 1.50. The molecule has 1 N–H and O–H groups in total. The highest BCUT2D eigenvalue weighted by Gasteiger charge is 1.98. The summed E-state index contributed by atoms with van der Waals surface area (Å²) in [7, 11) is 1.61. The van der Waals surface area contributed by atoms with Gasteiger partial charge in [-0.05, 0) is 23.1 Å². The lowest BCUT2D eigenvalue weighted by atomic mass is 10.0. The van der Waals surface area contributed by atoms with E-state index in [0.29, 0.717) is 19.1 Å². The lowest BCUT2D eigenvalue weighted by Crippen LogP contribution is -2.24. The van der Waals surface area contributed by atoms with Gasteiger partial charge in [-0.1, -0.05) is 38.1 Å². The van der Waals surface area contributed by atoms with Gasteiger partial charge in [0.15, 0.2) is 0 Å². The van der Waals surface area contributed by atoms with Crippen molar-refractivity contribution in [2.24, 2.45) is 0 Å². The quantitative estimate of drug-likeness (QED) is 0.620. The van der Waals surface area contributed by atoms with Crippen LogP contribution in [0.1, 0.15) is 30.9 Å². The molecule has 0 bridgehead atoms. The Balaban J connectivity index is 2.48. The van der Waals surface area contributed by atoms with Crippen molar-refractivity contribution in [3.05, 3.63) is 41.5 Å². The Bertz CT molecular complexity index is 393. The van der Waals surface area contributed by atoms with E-state index in [9.17, 15) is 4.79 Å². The van der Waals surface area contributed by atoms with Gasteiger partial charge in [0.1, 0.15) is 0 Å². The fraction of sp³-hybridized carbons (Fsp3) is 0.400. The minimum atomic E-state index is -0.0972. The normalized spacial score (nSPS) is 11.1. The summed E-state index contributed by atoms with van der Waals surface area (Å²) in [6.45, 7) is 5.39. The summed E-state index contributed by atoms with van der Waals surface area (Å²) in [5, 5.41) is 2.73. The molecule has 1 aromatic rings. The van der Waals surface area contributed by atoms with Crippen molar-refractivity contribution >= 4 is 12.0 Å². The average molecular weight is 247 g/mol. The third-order valence-electron chi connectivity index (χ3n) is 2.64. The Morgan fingerprint density at radius 3 is 2.56 bits per heavy atom. The molecule has 1 amide bonds. The standard InChI is InChI=1S/C15H21NO2/c1-12(2)14-7-4-13(5-8-14)6-9-15(17)16-10-11-18-3/h4-9,12H,10-11H2,1-3H3,(H,16,17). The zero-order valence-corrected chi connectivity index (χ0v) is 11.3. The zero-order valence-electron chi connectivity index (χ0n) is 11.3. The summed E-state index contributed by atoms with van der Waals surface area (Å²) in [6.07, 6.45) is 3.35. The average Bonchev–Trinajstić information content (AvgIpc) is 2.37. The Morgan fingerprint density at radius 2 is 2.00 bits per heavy atom. The largest absolute Gasteiger partial charge is 0.383 e. The number of hydrogen-bond donors (Lipinski definition) is 1. The molecular weight excluding hydrogens is 226 g/mol. The number of rotatable bonds is 6. The molecule has 0 unspecified atom stereocenters. The van der Waals surface area contributed by atoms with Crippen molar-refractivity contribution in [2.75, 3.05) is 20.3 Å². The van der Waals surface area contributed by atoms with Gasteiger partial charge in [0, 0.05) is 19.7 Å². The summed E-state index contributed by atoms with van der Waals surface area (Å²) in [5.41, 5.74) is 2.33. The second kappa shape index (κ2) is 7.67. The van der Waals surface area contributed by atoms with Crippen LogP contribution in [0.3, 0.4) is 0 Å². The van der Waals surface area contributed by atoms with E-state index in [2.05, 4.69) is 31.3 Å². The highest BCUT2D eigenvalue weighted by Crippen LogP contribution is 2.15. The molecule has 0 aromatic heterocycles. The Kier molecular flexibility index (Phi) is 6.15. The summed E-state index contributed by atoms with van der Waals surface area (Å²) in [6, 6.07) is 8.23. The number of carbonyl (C=O) groups excluding carboxylic acids is 1.